The molecule has 0 aromatic heterocycles. The topological polar surface area (TPSA) is 149 Å². The maximum absolute atomic E-state index is 13.0. The van der Waals surface area contributed by atoms with Crippen LogP contribution in [0.25, 0.3) is 0 Å². The molecule has 0 aromatic carbocycles. The molecule has 384 valence electrons. The second kappa shape index (κ2) is 46.4. The molecular weight excluding hydrogens is 815 g/mol. The molecule has 0 radical (unpaired) electrons. The highest BCUT2D eigenvalue weighted by molar-refractivity contribution is 5.76. The second-order valence-electron chi connectivity index (χ2n) is 19.7. The van der Waals surface area contributed by atoms with Crippen molar-refractivity contribution in [2.75, 3.05) is 13.2 Å². The third-order valence-corrected chi connectivity index (χ3v) is 13.5. The van der Waals surface area contributed by atoms with E-state index in [1.165, 1.54) is 212 Å². The molecule has 0 spiro atoms. The SMILES string of the molecule is CCCCCCCC/C=C/CC/C=C/C(O)C(COC1OC(CO)C(O)C(O)C1O)NC(=O)CCCCCCCCCCCCCCCCCCCCCCCCCCCCCCCC. The summed E-state index contributed by atoms with van der Waals surface area (Å²) >= 11 is 0. The number of hydrogen-bond acceptors (Lipinski definition) is 8. The van der Waals surface area contributed by atoms with Gasteiger partial charge in [0.25, 0.3) is 0 Å². The summed E-state index contributed by atoms with van der Waals surface area (Å²) in [6, 6.07) is -0.817. The Morgan fingerprint density at radius 3 is 1.29 bits per heavy atom. The molecule has 0 aromatic rings. The highest BCUT2D eigenvalue weighted by atomic mass is 16.7. The second-order valence-corrected chi connectivity index (χ2v) is 19.7. The van der Waals surface area contributed by atoms with Gasteiger partial charge in [0, 0.05) is 6.42 Å². The molecule has 65 heavy (non-hydrogen) atoms. The van der Waals surface area contributed by atoms with E-state index in [2.05, 4.69) is 31.3 Å². The molecule has 9 nitrogen and oxygen atoms in total. The minimum atomic E-state index is -1.57. The molecule has 6 N–H and O–H groups in total. The summed E-state index contributed by atoms with van der Waals surface area (Å²) in [5.74, 6) is -0.183. The van der Waals surface area contributed by atoms with Crippen LogP contribution < -0.4 is 5.32 Å². The van der Waals surface area contributed by atoms with E-state index in [-0.39, 0.29) is 12.5 Å². The van der Waals surface area contributed by atoms with Crippen LogP contribution in [0.5, 0.6) is 0 Å². The van der Waals surface area contributed by atoms with E-state index in [1.54, 1.807) is 6.08 Å². The van der Waals surface area contributed by atoms with Crippen LogP contribution in [0.3, 0.4) is 0 Å². The zero-order chi connectivity index (χ0) is 47.3. The molecule has 0 aliphatic carbocycles. The van der Waals surface area contributed by atoms with Crippen molar-refractivity contribution in [3.63, 3.8) is 0 Å². The average Bonchev–Trinajstić information content (AvgIpc) is 3.31. The van der Waals surface area contributed by atoms with E-state index in [4.69, 9.17) is 9.47 Å². The van der Waals surface area contributed by atoms with Crippen LogP contribution in [0.15, 0.2) is 24.3 Å². The molecular formula is C56H107NO8. The Bertz CT molecular complexity index is 1070. The van der Waals surface area contributed by atoms with Gasteiger partial charge in [-0.15, -0.1) is 0 Å². The van der Waals surface area contributed by atoms with Gasteiger partial charge < -0.3 is 40.3 Å². The number of aliphatic hydroxyl groups is 5. The number of carbonyl (C=O) groups excluding carboxylic acids is 1. The van der Waals surface area contributed by atoms with Crippen LogP contribution in [0.1, 0.15) is 271 Å². The van der Waals surface area contributed by atoms with Crippen molar-refractivity contribution < 1.29 is 39.8 Å². The zero-order valence-corrected chi connectivity index (χ0v) is 42.5. The summed E-state index contributed by atoms with van der Waals surface area (Å²) in [5, 5.41) is 54.3. The number of rotatable bonds is 48. The van der Waals surface area contributed by atoms with Crippen molar-refractivity contribution in [1.82, 2.24) is 5.32 Å². The fourth-order valence-corrected chi connectivity index (χ4v) is 9.06. The van der Waals surface area contributed by atoms with Gasteiger partial charge in [-0.25, -0.2) is 0 Å². The Morgan fingerprint density at radius 2 is 0.877 bits per heavy atom. The smallest absolute Gasteiger partial charge is 0.220 e. The summed E-state index contributed by atoms with van der Waals surface area (Å²) in [7, 11) is 0. The van der Waals surface area contributed by atoms with Crippen LogP contribution in [0.4, 0.5) is 0 Å². The van der Waals surface area contributed by atoms with E-state index in [9.17, 15) is 30.3 Å². The van der Waals surface area contributed by atoms with E-state index in [1.807, 2.05) is 6.08 Å². The minimum Gasteiger partial charge on any atom is -0.394 e. The predicted molar refractivity (Wildman–Crippen MR) is 272 cm³/mol. The lowest BCUT2D eigenvalue weighted by atomic mass is 9.99. The third kappa shape index (κ3) is 36.3. The molecule has 1 aliphatic heterocycles. The summed E-state index contributed by atoms with van der Waals surface area (Å²) in [6.07, 6.45) is 51.2. The van der Waals surface area contributed by atoms with Gasteiger partial charge in [0.2, 0.25) is 5.91 Å². The average molecular weight is 922 g/mol. The largest absolute Gasteiger partial charge is 0.394 e. The Kier molecular flexibility index (Phi) is 44.0. The number of amides is 1. The first-order valence-corrected chi connectivity index (χ1v) is 28.1. The van der Waals surface area contributed by atoms with Crippen LogP contribution in [-0.2, 0) is 14.3 Å². The number of nitrogens with one attached hydrogen (secondary N) is 1. The first kappa shape index (κ1) is 61.7. The third-order valence-electron chi connectivity index (χ3n) is 13.5. The minimum absolute atomic E-state index is 0.183. The van der Waals surface area contributed by atoms with E-state index < -0.39 is 49.5 Å². The Balaban J connectivity index is 2.13. The molecule has 1 aliphatic rings. The van der Waals surface area contributed by atoms with E-state index in [0.717, 1.165) is 38.5 Å². The lowest BCUT2D eigenvalue weighted by Crippen LogP contribution is -2.60. The first-order chi connectivity index (χ1) is 31.8. The molecule has 0 bridgehead atoms. The van der Waals surface area contributed by atoms with Crippen molar-refractivity contribution in [2.45, 2.75) is 314 Å². The van der Waals surface area contributed by atoms with Crippen molar-refractivity contribution in [2.24, 2.45) is 0 Å². The lowest BCUT2D eigenvalue weighted by Gasteiger charge is -2.40. The highest BCUT2D eigenvalue weighted by Gasteiger charge is 2.44. The fourth-order valence-electron chi connectivity index (χ4n) is 9.06. The number of carbonyl (C=O) groups is 1. The molecule has 1 heterocycles. The quantitative estimate of drug-likeness (QED) is 0.0261. The molecule has 1 amide bonds. The summed E-state index contributed by atoms with van der Waals surface area (Å²) in [4.78, 5) is 13.0. The highest BCUT2D eigenvalue weighted by Crippen LogP contribution is 2.23. The van der Waals surface area contributed by atoms with Crippen LogP contribution in [0, 0.1) is 0 Å². The fraction of sp³-hybridized carbons (Fsp3) is 0.911. The number of unbranched alkanes of at least 4 members (excludes halogenated alkanes) is 36. The van der Waals surface area contributed by atoms with Gasteiger partial charge >= 0.3 is 0 Å². The maximum atomic E-state index is 13.0. The monoisotopic (exact) mass is 922 g/mol. The summed E-state index contributed by atoms with van der Waals surface area (Å²) in [5.41, 5.74) is 0. The first-order valence-electron chi connectivity index (χ1n) is 28.1. The summed E-state index contributed by atoms with van der Waals surface area (Å²) < 4.78 is 11.2. The van der Waals surface area contributed by atoms with Gasteiger partial charge in [0.15, 0.2) is 6.29 Å². The van der Waals surface area contributed by atoms with Gasteiger partial charge in [-0.05, 0) is 32.1 Å². The Labute approximate surface area is 400 Å². The Hall–Kier alpha value is -1.33. The maximum Gasteiger partial charge on any atom is 0.220 e. The van der Waals surface area contributed by atoms with E-state index >= 15 is 0 Å². The normalized spacial score (nSPS) is 20.0. The van der Waals surface area contributed by atoms with Crippen molar-refractivity contribution in [1.29, 1.82) is 0 Å². The van der Waals surface area contributed by atoms with Crippen molar-refractivity contribution in [3.05, 3.63) is 24.3 Å². The molecule has 7 unspecified atom stereocenters. The van der Waals surface area contributed by atoms with Crippen LogP contribution in [0.2, 0.25) is 0 Å². The molecule has 1 rings (SSSR count). The van der Waals surface area contributed by atoms with Gasteiger partial charge in [0.05, 0.1) is 25.4 Å². The Morgan fingerprint density at radius 1 is 0.508 bits per heavy atom. The lowest BCUT2D eigenvalue weighted by molar-refractivity contribution is -0.302. The van der Waals surface area contributed by atoms with Crippen LogP contribution in [-0.4, -0.2) is 87.5 Å². The standard InChI is InChI=1S/C56H107NO8/c1-3-5-7-9-11-13-15-17-18-19-20-21-22-23-24-25-26-27-28-29-30-31-32-33-34-36-38-40-42-44-46-52(60)57-49(48-64-56-55(63)54(62)53(61)51(47-58)65-56)50(59)45-43-41-39-37-35-16-14-12-10-8-6-4-2/h35,37,43,45,49-51,53-56,58-59,61-63H,3-34,36,38-42,44,46-48H2,1-2H3,(H,57,60)/b37-35+,45-43+. The molecule has 9 heteroatoms. The number of hydrogen-bond donors (Lipinski definition) is 6. The number of ether oxygens (including phenoxy) is 2. The molecule has 7 atom stereocenters. The number of allylic oxidation sites excluding steroid dienone is 3. The number of aliphatic hydroxyl groups excluding tert-OH is 5. The van der Waals surface area contributed by atoms with Crippen molar-refractivity contribution >= 4 is 5.91 Å². The zero-order valence-electron chi connectivity index (χ0n) is 42.5. The van der Waals surface area contributed by atoms with Gasteiger partial charge in [-0.3, -0.25) is 4.79 Å². The van der Waals surface area contributed by atoms with Gasteiger partial charge in [-0.2, -0.15) is 0 Å². The van der Waals surface area contributed by atoms with Crippen LogP contribution >= 0.6 is 0 Å². The molecule has 0 saturated carbocycles. The molecule has 1 saturated heterocycles. The predicted octanol–water partition coefficient (Wildman–Crippen LogP) is 13.4. The van der Waals surface area contributed by atoms with Crippen molar-refractivity contribution in [3.8, 4) is 0 Å². The van der Waals surface area contributed by atoms with E-state index in [0.29, 0.717) is 6.42 Å². The van der Waals surface area contributed by atoms with Gasteiger partial charge in [-0.1, -0.05) is 256 Å². The van der Waals surface area contributed by atoms with Gasteiger partial charge in [0.1, 0.15) is 24.4 Å². The summed E-state index contributed by atoms with van der Waals surface area (Å²) in [6.45, 7) is 3.77. The molecule has 1 fully saturated rings.